The van der Waals surface area contributed by atoms with E-state index in [2.05, 4.69) is 56.9 Å². The van der Waals surface area contributed by atoms with Gasteiger partial charge in [0.2, 0.25) is 0 Å². The Kier molecular flexibility index (Phi) is 2.95. The normalized spacial score (nSPS) is 29.0. The van der Waals surface area contributed by atoms with Crippen LogP contribution in [0.25, 0.3) is 10.9 Å². The Hall–Kier alpha value is -1.39. The lowest BCUT2D eigenvalue weighted by Crippen LogP contribution is -2.41. The summed E-state index contributed by atoms with van der Waals surface area (Å²) in [6, 6.07) is 10.7. The van der Waals surface area contributed by atoms with Gasteiger partial charge in [-0.05, 0) is 57.7 Å². The van der Waals surface area contributed by atoms with E-state index in [1.165, 1.54) is 10.9 Å². The SMILES string of the molecule is CC1(C)OB(C2CC2c2ccc3cccnc3c2)OC1(C)C. The van der Waals surface area contributed by atoms with Crippen molar-refractivity contribution in [2.75, 3.05) is 0 Å². The van der Waals surface area contributed by atoms with Crippen LogP contribution in [0.3, 0.4) is 0 Å². The van der Waals surface area contributed by atoms with Gasteiger partial charge in [-0.25, -0.2) is 0 Å². The number of rotatable bonds is 2. The Bertz CT molecular complexity index is 712. The zero-order valence-electron chi connectivity index (χ0n) is 13.7. The summed E-state index contributed by atoms with van der Waals surface area (Å²) in [6.45, 7) is 8.46. The van der Waals surface area contributed by atoms with E-state index in [-0.39, 0.29) is 18.3 Å². The van der Waals surface area contributed by atoms with Crippen LogP contribution in [-0.4, -0.2) is 23.3 Å². The molecule has 2 atom stereocenters. The van der Waals surface area contributed by atoms with Crippen molar-refractivity contribution >= 4 is 18.0 Å². The molecule has 1 saturated heterocycles. The molecule has 22 heavy (non-hydrogen) atoms. The predicted octanol–water partition coefficient (Wildman–Crippen LogP) is 4.18. The Labute approximate surface area is 132 Å². The van der Waals surface area contributed by atoms with Crippen LogP contribution in [0.2, 0.25) is 5.82 Å². The molecule has 0 bridgehead atoms. The van der Waals surface area contributed by atoms with Gasteiger partial charge >= 0.3 is 7.12 Å². The third-order valence-corrected chi connectivity index (χ3v) is 5.52. The average Bonchev–Trinajstić information content (AvgIpc) is 3.22. The van der Waals surface area contributed by atoms with Gasteiger partial charge < -0.3 is 9.31 Å². The van der Waals surface area contributed by atoms with Crippen molar-refractivity contribution in [2.24, 2.45) is 0 Å². The van der Waals surface area contributed by atoms with Gasteiger partial charge in [0.1, 0.15) is 0 Å². The molecular weight excluding hydrogens is 273 g/mol. The second-order valence-corrected chi connectivity index (χ2v) is 7.59. The number of hydrogen-bond donors (Lipinski definition) is 0. The third-order valence-electron chi connectivity index (χ3n) is 5.52. The van der Waals surface area contributed by atoms with Crippen LogP contribution >= 0.6 is 0 Å². The van der Waals surface area contributed by atoms with Gasteiger partial charge in [0.05, 0.1) is 16.7 Å². The van der Waals surface area contributed by atoms with Crippen LogP contribution in [0.5, 0.6) is 0 Å². The summed E-state index contributed by atoms with van der Waals surface area (Å²) >= 11 is 0. The minimum atomic E-state index is -0.240. The number of fused-ring (bicyclic) bond motifs is 1. The molecule has 1 aromatic heterocycles. The molecule has 1 saturated carbocycles. The van der Waals surface area contributed by atoms with E-state index in [4.69, 9.17) is 9.31 Å². The van der Waals surface area contributed by atoms with E-state index >= 15 is 0 Å². The highest BCUT2D eigenvalue weighted by Gasteiger charge is 2.59. The minimum absolute atomic E-state index is 0.0885. The minimum Gasteiger partial charge on any atom is -0.403 e. The maximum absolute atomic E-state index is 6.19. The predicted molar refractivity (Wildman–Crippen MR) is 88.9 cm³/mol. The number of pyridine rings is 1. The maximum Gasteiger partial charge on any atom is 0.461 e. The summed E-state index contributed by atoms with van der Waals surface area (Å²) in [7, 11) is -0.0885. The molecule has 2 heterocycles. The molecule has 2 aliphatic rings. The second-order valence-electron chi connectivity index (χ2n) is 7.59. The highest BCUT2D eigenvalue weighted by atomic mass is 16.7. The van der Waals surface area contributed by atoms with Crippen LogP contribution in [-0.2, 0) is 9.31 Å². The fourth-order valence-electron chi connectivity index (χ4n) is 3.28. The Balaban J connectivity index is 1.54. The van der Waals surface area contributed by atoms with Crippen molar-refractivity contribution in [3.05, 3.63) is 42.1 Å². The average molecular weight is 295 g/mol. The monoisotopic (exact) mass is 295 g/mol. The maximum atomic E-state index is 6.19. The lowest BCUT2D eigenvalue weighted by molar-refractivity contribution is 0.00578. The van der Waals surface area contributed by atoms with Gasteiger partial charge in [-0.1, -0.05) is 18.2 Å². The molecule has 1 aliphatic heterocycles. The zero-order chi connectivity index (χ0) is 15.5. The van der Waals surface area contributed by atoms with Crippen LogP contribution in [0.4, 0.5) is 0 Å². The largest absolute Gasteiger partial charge is 0.461 e. The van der Waals surface area contributed by atoms with Gasteiger partial charge in [-0.15, -0.1) is 0 Å². The lowest BCUT2D eigenvalue weighted by atomic mass is 9.79. The van der Waals surface area contributed by atoms with Gasteiger partial charge in [0.25, 0.3) is 0 Å². The summed E-state index contributed by atoms with van der Waals surface area (Å²) in [4.78, 5) is 4.46. The van der Waals surface area contributed by atoms with Crippen LogP contribution in [0.15, 0.2) is 36.5 Å². The molecule has 2 unspecified atom stereocenters. The third kappa shape index (κ3) is 2.17. The van der Waals surface area contributed by atoms with E-state index < -0.39 is 0 Å². The van der Waals surface area contributed by atoms with E-state index in [1.54, 1.807) is 0 Å². The summed E-state index contributed by atoms with van der Waals surface area (Å²) in [5.41, 5.74) is 1.94. The summed E-state index contributed by atoms with van der Waals surface area (Å²) in [5, 5.41) is 1.19. The number of benzene rings is 1. The number of hydrogen-bond acceptors (Lipinski definition) is 3. The number of aromatic nitrogens is 1. The zero-order valence-corrected chi connectivity index (χ0v) is 13.7. The smallest absolute Gasteiger partial charge is 0.403 e. The summed E-state index contributed by atoms with van der Waals surface area (Å²) in [6.07, 6.45) is 2.99. The first-order chi connectivity index (χ1) is 10.4. The summed E-state index contributed by atoms with van der Waals surface area (Å²) in [5.74, 6) is 0.989. The van der Waals surface area contributed by atoms with Crippen molar-refractivity contribution in [1.29, 1.82) is 0 Å². The molecule has 1 aromatic carbocycles. The second kappa shape index (κ2) is 4.56. The van der Waals surface area contributed by atoms with E-state index in [1.807, 2.05) is 12.3 Å². The highest BCUT2D eigenvalue weighted by Crippen LogP contribution is 2.58. The number of nitrogens with zero attached hydrogens (tertiary/aromatic N) is 1. The van der Waals surface area contributed by atoms with Crippen molar-refractivity contribution in [3.8, 4) is 0 Å². The van der Waals surface area contributed by atoms with Crippen molar-refractivity contribution in [1.82, 2.24) is 4.98 Å². The highest BCUT2D eigenvalue weighted by molar-refractivity contribution is 6.49. The van der Waals surface area contributed by atoms with E-state index in [9.17, 15) is 0 Å². The van der Waals surface area contributed by atoms with Crippen LogP contribution in [0.1, 0.15) is 45.6 Å². The Morgan fingerprint density at radius 1 is 1.09 bits per heavy atom. The van der Waals surface area contributed by atoms with Crippen molar-refractivity contribution in [2.45, 2.75) is 57.1 Å². The fraction of sp³-hybridized carbons (Fsp3) is 0.500. The molecule has 0 N–H and O–H groups in total. The summed E-state index contributed by atoms with van der Waals surface area (Å²) < 4.78 is 12.4. The Morgan fingerprint density at radius 2 is 1.82 bits per heavy atom. The molecule has 0 spiro atoms. The molecule has 0 amide bonds. The first-order valence-corrected chi connectivity index (χ1v) is 8.08. The van der Waals surface area contributed by atoms with Gasteiger partial charge in [0.15, 0.2) is 0 Å². The first-order valence-electron chi connectivity index (χ1n) is 8.08. The van der Waals surface area contributed by atoms with Gasteiger partial charge in [-0.3, -0.25) is 4.98 Å². The van der Waals surface area contributed by atoms with Gasteiger partial charge in [0, 0.05) is 17.4 Å². The molecule has 2 fully saturated rings. The lowest BCUT2D eigenvalue weighted by Gasteiger charge is -2.32. The van der Waals surface area contributed by atoms with Crippen LogP contribution < -0.4 is 0 Å². The van der Waals surface area contributed by atoms with Gasteiger partial charge in [-0.2, -0.15) is 0 Å². The molecule has 4 heteroatoms. The standard InChI is InChI=1S/C18H22BNO2/c1-17(2)18(3,4)22-19(21-17)15-11-14(15)13-8-7-12-6-5-9-20-16(12)10-13/h5-10,14-15H,11H2,1-4H3. The topological polar surface area (TPSA) is 31.4 Å². The molecule has 1 aliphatic carbocycles. The van der Waals surface area contributed by atoms with Crippen molar-refractivity contribution in [3.63, 3.8) is 0 Å². The van der Waals surface area contributed by atoms with Crippen LogP contribution in [0, 0.1) is 0 Å². The van der Waals surface area contributed by atoms with E-state index in [0.29, 0.717) is 11.7 Å². The quantitative estimate of drug-likeness (QED) is 0.779. The Morgan fingerprint density at radius 3 is 2.55 bits per heavy atom. The molecular formula is C18H22BNO2. The van der Waals surface area contributed by atoms with Crippen molar-refractivity contribution < 1.29 is 9.31 Å². The molecule has 2 aromatic rings. The first kappa shape index (κ1) is 14.2. The molecule has 114 valence electrons. The molecule has 0 radical (unpaired) electrons. The van der Waals surface area contributed by atoms with E-state index in [0.717, 1.165) is 11.9 Å². The molecule has 4 rings (SSSR count). The molecule has 3 nitrogen and oxygen atoms in total. The fourth-order valence-corrected chi connectivity index (χ4v) is 3.28.